The zero-order valence-corrected chi connectivity index (χ0v) is 15.8. The van der Waals surface area contributed by atoms with Crippen molar-refractivity contribution in [2.45, 2.75) is 38.1 Å². The smallest absolute Gasteiger partial charge is 0.329 e. The molecule has 1 saturated carbocycles. The lowest BCUT2D eigenvalue weighted by atomic mass is 9.73. The van der Waals surface area contributed by atoms with E-state index in [1.165, 1.54) is 21.9 Å². The number of anilines is 1. The molecule has 4 rings (SSSR count). The summed E-state index contributed by atoms with van der Waals surface area (Å²) in [6.07, 6.45) is 3.86. The number of imide groups is 1. The Kier molecular flexibility index (Phi) is 4.80. The molecule has 2 N–H and O–H groups in total. The quantitative estimate of drug-likeness (QED) is 0.775. The largest absolute Gasteiger partial charge is 0.360 e. The first-order valence-corrected chi connectivity index (χ1v) is 9.98. The van der Waals surface area contributed by atoms with E-state index in [1.807, 2.05) is 0 Å². The summed E-state index contributed by atoms with van der Waals surface area (Å²) >= 11 is 0. The van der Waals surface area contributed by atoms with Gasteiger partial charge in [-0.25, -0.2) is 14.1 Å². The number of hydrogen-bond acceptors (Lipinski definition) is 3. The lowest BCUT2D eigenvalue weighted by Crippen LogP contribution is -3.16. The Balaban J connectivity index is 1.37. The monoisotopic (exact) mass is 375 g/mol. The highest BCUT2D eigenvalue weighted by Gasteiger charge is 2.55. The third kappa shape index (κ3) is 3.29. The molecule has 3 amide bonds. The van der Waals surface area contributed by atoms with Crippen LogP contribution in [0.5, 0.6) is 0 Å². The Morgan fingerprint density at radius 2 is 1.89 bits per heavy atom. The Bertz CT molecular complexity index is 717. The highest BCUT2D eigenvalue weighted by molar-refractivity contribution is 6.07. The van der Waals surface area contributed by atoms with Crippen molar-refractivity contribution in [2.75, 3.05) is 37.7 Å². The third-order valence-electron chi connectivity index (χ3n) is 6.55. The van der Waals surface area contributed by atoms with Crippen LogP contribution >= 0.6 is 0 Å². The molecular weight excluding hydrogens is 347 g/mol. The molecule has 6 nitrogen and oxygen atoms in total. The predicted molar refractivity (Wildman–Crippen MR) is 99.9 cm³/mol. The number of urea groups is 1. The molecule has 2 aliphatic heterocycles. The van der Waals surface area contributed by atoms with Crippen LogP contribution in [0.25, 0.3) is 0 Å². The molecule has 1 aliphatic carbocycles. The molecule has 0 bridgehead atoms. The number of nitrogens with one attached hydrogen (secondary N) is 2. The average molecular weight is 375 g/mol. The molecule has 0 unspecified atom stereocenters. The maximum Gasteiger partial charge on any atom is 0.329 e. The fraction of sp³-hybridized carbons (Fsp3) is 0.600. The van der Waals surface area contributed by atoms with E-state index in [4.69, 9.17) is 0 Å². The molecule has 0 radical (unpaired) electrons. The van der Waals surface area contributed by atoms with Crippen molar-refractivity contribution >= 4 is 17.6 Å². The Morgan fingerprint density at radius 1 is 1.19 bits per heavy atom. The average Bonchev–Trinajstić information content (AvgIpc) is 2.91. The van der Waals surface area contributed by atoms with Crippen LogP contribution in [0, 0.1) is 11.7 Å². The summed E-state index contributed by atoms with van der Waals surface area (Å²) in [5.41, 5.74) is 0.338. The number of rotatable bonds is 3. The van der Waals surface area contributed by atoms with Crippen LogP contribution < -0.4 is 15.1 Å². The van der Waals surface area contributed by atoms with Gasteiger partial charge in [-0.1, -0.05) is 19.8 Å². The number of piperazine rings is 1. The molecule has 3 aliphatic rings. The Hall–Kier alpha value is -2.15. The maximum absolute atomic E-state index is 13.1. The summed E-state index contributed by atoms with van der Waals surface area (Å²) in [5, 5.41) is 3.03. The molecule has 2 heterocycles. The summed E-state index contributed by atoms with van der Waals surface area (Å²) in [7, 11) is 0. The van der Waals surface area contributed by atoms with E-state index in [1.54, 1.807) is 12.1 Å². The van der Waals surface area contributed by atoms with Gasteiger partial charge in [0.25, 0.3) is 5.91 Å². The third-order valence-corrected chi connectivity index (χ3v) is 6.55. The fourth-order valence-electron chi connectivity index (χ4n) is 4.75. The molecule has 2 saturated heterocycles. The van der Waals surface area contributed by atoms with Gasteiger partial charge in [0.05, 0.1) is 26.2 Å². The zero-order valence-electron chi connectivity index (χ0n) is 15.8. The molecule has 1 aromatic rings. The molecule has 3 fully saturated rings. The molecule has 1 spiro atoms. The second kappa shape index (κ2) is 7.11. The molecular formula is C20H28FN4O2+. The number of carbonyl (C=O) groups is 2. The second-order valence-electron chi connectivity index (χ2n) is 8.15. The minimum Gasteiger partial charge on any atom is -0.360 e. The molecule has 0 aromatic heterocycles. The minimum absolute atomic E-state index is 0.0341. The molecule has 2 atom stereocenters. The summed E-state index contributed by atoms with van der Waals surface area (Å²) in [4.78, 5) is 30.5. The van der Waals surface area contributed by atoms with Crippen LogP contribution in [0.4, 0.5) is 14.9 Å². The van der Waals surface area contributed by atoms with Gasteiger partial charge in [0.2, 0.25) is 0 Å². The van der Waals surface area contributed by atoms with Crippen molar-refractivity contribution in [1.82, 2.24) is 10.2 Å². The van der Waals surface area contributed by atoms with Gasteiger partial charge in [-0.2, -0.15) is 0 Å². The molecule has 27 heavy (non-hydrogen) atoms. The first-order valence-electron chi connectivity index (χ1n) is 9.98. The van der Waals surface area contributed by atoms with Gasteiger partial charge < -0.3 is 15.1 Å². The molecule has 1 aromatic carbocycles. The van der Waals surface area contributed by atoms with E-state index in [0.29, 0.717) is 6.67 Å². The van der Waals surface area contributed by atoms with Gasteiger partial charge in [-0.3, -0.25) is 4.79 Å². The summed E-state index contributed by atoms with van der Waals surface area (Å²) in [5.74, 6) is -0.0707. The number of quaternary nitrogens is 1. The van der Waals surface area contributed by atoms with Gasteiger partial charge in [0.1, 0.15) is 11.4 Å². The molecule has 146 valence electrons. The number of amides is 3. The first-order chi connectivity index (χ1) is 13.0. The second-order valence-corrected chi connectivity index (χ2v) is 8.15. The van der Waals surface area contributed by atoms with E-state index in [9.17, 15) is 14.0 Å². The van der Waals surface area contributed by atoms with E-state index in [2.05, 4.69) is 17.1 Å². The van der Waals surface area contributed by atoms with Crippen molar-refractivity contribution in [1.29, 1.82) is 0 Å². The SMILES string of the molecule is C[C@@H]1CCCC[C@]12NC(=O)N(C[NH+]1CCN(c3ccc(F)cc3)CC1)C2=O. The summed E-state index contributed by atoms with van der Waals surface area (Å²) < 4.78 is 13.1. The minimum atomic E-state index is -0.676. The van der Waals surface area contributed by atoms with Gasteiger partial charge in [-0.05, 0) is 43.0 Å². The maximum atomic E-state index is 13.1. The first kappa shape index (κ1) is 18.2. The van der Waals surface area contributed by atoms with Crippen molar-refractivity contribution in [3.63, 3.8) is 0 Å². The Morgan fingerprint density at radius 3 is 2.56 bits per heavy atom. The normalized spacial score (nSPS) is 29.5. The van der Waals surface area contributed by atoms with Gasteiger partial charge >= 0.3 is 6.03 Å². The van der Waals surface area contributed by atoms with Crippen LogP contribution in [-0.2, 0) is 4.79 Å². The number of halogens is 1. The van der Waals surface area contributed by atoms with Crippen molar-refractivity contribution in [2.24, 2.45) is 5.92 Å². The number of benzene rings is 1. The van der Waals surface area contributed by atoms with Gasteiger partial charge in [0, 0.05) is 5.69 Å². The Labute approximate surface area is 159 Å². The van der Waals surface area contributed by atoms with Crippen LogP contribution in [0.2, 0.25) is 0 Å². The van der Waals surface area contributed by atoms with Crippen molar-refractivity contribution in [3.05, 3.63) is 30.1 Å². The van der Waals surface area contributed by atoms with Crippen LogP contribution in [0.15, 0.2) is 24.3 Å². The van der Waals surface area contributed by atoms with E-state index < -0.39 is 5.54 Å². The zero-order chi connectivity index (χ0) is 19.0. The van der Waals surface area contributed by atoms with E-state index >= 15 is 0 Å². The highest BCUT2D eigenvalue weighted by Crippen LogP contribution is 2.37. The van der Waals surface area contributed by atoms with Crippen LogP contribution in [0.3, 0.4) is 0 Å². The lowest BCUT2D eigenvalue weighted by molar-refractivity contribution is -0.907. The summed E-state index contributed by atoms with van der Waals surface area (Å²) in [6, 6.07) is 6.32. The number of nitrogens with zero attached hydrogens (tertiary/aromatic N) is 2. The van der Waals surface area contributed by atoms with Gasteiger partial charge in [-0.15, -0.1) is 0 Å². The van der Waals surface area contributed by atoms with E-state index in [-0.39, 0.29) is 23.7 Å². The number of hydrogen-bond donors (Lipinski definition) is 2. The standard InChI is InChI=1S/C20H27FN4O2/c1-15-4-2-3-9-20(15)18(26)25(19(27)22-20)14-23-10-12-24(13-11-23)17-7-5-16(21)6-8-17/h5-8,15H,2-4,9-14H2,1H3,(H,22,27)/p+1/t15-,20+/m1/s1. The fourth-order valence-corrected chi connectivity index (χ4v) is 4.75. The summed E-state index contributed by atoms with van der Waals surface area (Å²) in [6.45, 7) is 5.85. The molecule has 7 heteroatoms. The van der Waals surface area contributed by atoms with E-state index in [0.717, 1.165) is 57.5 Å². The highest BCUT2D eigenvalue weighted by atomic mass is 19.1. The van der Waals surface area contributed by atoms with Crippen molar-refractivity contribution < 1.29 is 18.9 Å². The topological polar surface area (TPSA) is 57.1 Å². The lowest BCUT2D eigenvalue weighted by Gasteiger charge is -2.37. The van der Waals surface area contributed by atoms with Crippen LogP contribution in [-0.4, -0.2) is 55.2 Å². The number of carbonyl (C=O) groups excluding carboxylic acids is 2. The van der Waals surface area contributed by atoms with Gasteiger partial charge in [0.15, 0.2) is 6.67 Å². The van der Waals surface area contributed by atoms with Crippen LogP contribution in [0.1, 0.15) is 32.6 Å². The predicted octanol–water partition coefficient (Wildman–Crippen LogP) is 0.989. The van der Waals surface area contributed by atoms with Crippen molar-refractivity contribution in [3.8, 4) is 0 Å².